The van der Waals surface area contributed by atoms with E-state index in [1.165, 1.54) is 10.8 Å². The van der Waals surface area contributed by atoms with E-state index in [1.54, 1.807) is 37.3 Å². The predicted molar refractivity (Wildman–Crippen MR) is 88.9 cm³/mol. The number of benzene rings is 1. The second-order valence-electron chi connectivity index (χ2n) is 4.98. The number of Topliss-reactive ketones (excluding diaryl/α,β-unsaturated/α-hetero) is 1. The smallest absolute Gasteiger partial charge is 0.331 e. The molecule has 2 aromatic heterocycles. The summed E-state index contributed by atoms with van der Waals surface area (Å²) >= 11 is 3.32. The number of halogens is 1. The fraction of sp³-hybridized carbons (Fsp3) is 0.188. The average molecular weight is 377 g/mol. The van der Waals surface area contributed by atoms with E-state index < -0.39 is 5.69 Å². The number of hydrogen-bond acceptors (Lipinski definition) is 4. The number of hydrogen-bond donors (Lipinski definition) is 0. The first kappa shape index (κ1) is 15.5. The minimum Gasteiger partial charge on any atom is -0.461 e. The Kier molecular flexibility index (Phi) is 4.04. The van der Waals surface area contributed by atoms with Crippen LogP contribution in [-0.4, -0.2) is 14.9 Å². The van der Waals surface area contributed by atoms with Gasteiger partial charge in [0.15, 0.2) is 5.76 Å². The highest BCUT2D eigenvalue weighted by molar-refractivity contribution is 9.10. The molecule has 118 valence electrons. The largest absolute Gasteiger partial charge is 0.461 e. The van der Waals surface area contributed by atoms with Gasteiger partial charge in [-0.1, -0.05) is 15.9 Å². The Hall–Kier alpha value is -2.41. The van der Waals surface area contributed by atoms with E-state index >= 15 is 0 Å². The highest BCUT2D eigenvalue weighted by atomic mass is 79.9. The summed E-state index contributed by atoms with van der Waals surface area (Å²) in [5.41, 5.74) is -0.449. The molecule has 0 saturated carbocycles. The molecule has 3 aromatic rings. The first-order valence-corrected chi connectivity index (χ1v) is 7.82. The van der Waals surface area contributed by atoms with Crippen molar-refractivity contribution in [2.24, 2.45) is 0 Å². The molecule has 0 spiro atoms. The van der Waals surface area contributed by atoms with Crippen molar-refractivity contribution >= 4 is 32.6 Å². The molecule has 6 nitrogen and oxygen atoms in total. The summed E-state index contributed by atoms with van der Waals surface area (Å²) in [4.78, 5) is 37.3. The molecule has 0 N–H and O–H groups in total. The van der Waals surface area contributed by atoms with Gasteiger partial charge in [-0.3, -0.25) is 18.7 Å². The lowest BCUT2D eigenvalue weighted by Crippen LogP contribution is -2.40. The molecule has 0 unspecified atom stereocenters. The number of carbonyl (C=O) groups is 1. The Morgan fingerprint density at radius 2 is 2.00 bits per heavy atom. The van der Waals surface area contributed by atoms with E-state index in [0.29, 0.717) is 10.9 Å². The molecule has 0 aliphatic rings. The predicted octanol–water partition coefficient (Wildman–Crippen LogP) is 2.42. The minimum atomic E-state index is -0.507. The zero-order chi connectivity index (χ0) is 16.6. The van der Waals surface area contributed by atoms with Crippen LogP contribution in [-0.2, 0) is 13.1 Å². The van der Waals surface area contributed by atoms with Gasteiger partial charge in [-0.15, -0.1) is 0 Å². The van der Waals surface area contributed by atoms with Crippen LogP contribution >= 0.6 is 15.9 Å². The van der Waals surface area contributed by atoms with Crippen LogP contribution in [0.5, 0.6) is 0 Å². The average Bonchev–Trinajstić information content (AvgIpc) is 3.06. The second-order valence-corrected chi connectivity index (χ2v) is 5.90. The summed E-state index contributed by atoms with van der Waals surface area (Å²) in [6.07, 6.45) is 1.40. The zero-order valence-electron chi connectivity index (χ0n) is 12.3. The Balaban J connectivity index is 2.25. The highest BCUT2D eigenvalue weighted by Gasteiger charge is 2.17. The SMILES string of the molecule is CCn1c(=O)c2cc(Br)ccc2n(CC(=O)c2ccco2)c1=O. The van der Waals surface area contributed by atoms with Crippen molar-refractivity contribution in [1.29, 1.82) is 0 Å². The van der Waals surface area contributed by atoms with Crippen LogP contribution in [0.25, 0.3) is 10.9 Å². The molecule has 0 aliphatic heterocycles. The van der Waals surface area contributed by atoms with Crippen molar-refractivity contribution in [2.45, 2.75) is 20.0 Å². The second kappa shape index (κ2) is 6.00. The molecule has 0 atom stereocenters. The monoisotopic (exact) mass is 376 g/mol. The molecule has 0 aliphatic carbocycles. The molecule has 0 amide bonds. The molecule has 1 aromatic carbocycles. The maximum absolute atomic E-state index is 12.6. The number of furan rings is 1. The topological polar surface area (TPSA) is 74.2 Å². The van der Waals surface area contributed by atoms with E-state index in [-0.39, 0.29) is 30.2 Å². The van der Waals surface area contributed by atoms with Gasteiger partial charge in [-0.25, -0.2) is 4.79 Å². The van der Waals surface area contributed by atoms with Crippen LogP contribution in [0.2, 0.25) is 0 Å². The van der Waals surface area contributed by atoms with E-state index in [9.17, 15) is 14.4 Å². The maximum Gasteiger partial charge on any atom is 0.331 e. The van der Waals surface area contributed by atoms with Gasteiger partial charge >= 0.3 is 5.69 Å². The highest BCUT2D eigenvalue weighted by Crippen LogP contribution is 2.16. The van der Waals surface area contributed by atoms with Crippen molar-refractivity contribution in [3.63, 3.8) is 0 Å². The quantitative estimate of drug-likeness (QED) is 0.655. The summed E-state index contributed by atoms with van der Waals surface area (Å²) in [7, 11) is 0. The minimum absolute atomic E-state index is 0.177. The van der Waals surface area contributed by atoms with E-state index in [4.69, 9.17) is 4.42 Å². The van der Waals surface area contributed by atoms with Crippen LogP contribution in [0.4, 0.5) is 0 Å². The Morgan fingerprint density at radius 3 is 2.65 bits per heavy atom. The summed E-state index contributed by atoms with van der Waals surface area (Å²) in [5, 5.41) is 0.382. The van der Waals surface area contributed by atoms with Gasteiger partial charge in [0.05, 0.1) is 23.7 Å². The van der Waals surface area contributed by atoms with Gasteiger partial charge in [0.25, 0.3) is 5.56 Å². The van der Waals surface area contributed by atoms with Crippen molar-refractivity contribution in [2.75, 3.05) is 0 Å². The number of rotatable bonds is 4. The number of ketones is 1. The van der Waals surface area contributed by atoms with Crippen molar-refractivity contribution in [3.05, 3.63) is 67.7 Å². The van der Waals surface area contributed by atoms with Crippen molar-refractivity contribution in [3.8, 4) is 0 Å². The van der Waals surface area contributed by atoms with Gasteiger partial charge in [0, 0.05) is 11.0 Å². The fourth-order valence-electron chi connectivity index (χ4n) is 2.49. The van der Waals surface area contributed by atoms with Crippen molar-refractivity contribution in [1.82, 2.24) is 9.13 Å². The van der Waals surface area contributed by atoms with E-state index in [2.05, 4.69) is 15.9 Å². The third kappa shape index (κ3) is 2.68. The summed E-state index contributed by atoms with van der Waals surface area (Å²) in [6.45, 7) is 1.76. The molecule has 0 bridgehead atoms. The van der Waals surface area contributed by atoms with Gasteiger partial charge in [0.2, 0.25) is 5.78 Å². The van der Waals surface area contributed by atoms with Gasteiger partial charge < -0.3 is 4.42 Å². The van der Waals surface area contributed by atoms with Crippen LogP contribution < -0.4 is 11.2 Å². The third-order valence-electron chi connectivity index (χ3n) is 3.60. The molecule has 3 rings (SSSR count). The lowest BCUT2D eigenvalue weighted by Gasteiger charge is -2.12. The van der Waals surface area contributed by atoms with Gasteiger partial charge in [-0.2, -0.15) is 0 Å². The summed E-state index contributed by atoms with van der Waals surface area (Å²) in [5.74, 6) is -0.154. The van der Waals surface area contributed by atoms with E-state index in [0.717, 1.165) is 9.04 Å². The Bertz CT molecular complexity index is 999. The Labute approximate surface area is 139 Å². The van der Waals surface area contributed by atoms with Crippen molar-refractivity contribution < 1.29 is 9.21 Å². The standard InChI is InChI=1S/C16H13BrN2O4/c1-2-18-15(21)11-8-10(17)5-6-12(11)19(16(18)22)9-13(20)14-4-3-7-23-14/h3-8H,2,9H2,1H3. The Morgan fingerprint density at radius 1 is 1.22 bits per heavy atom. The van der Waals surface area contributed by atoms with E-state index in [1.807, 2.05) is 0 Å². The molecule has 0 saturated heterocycles. The molecule has 23 heavy (non-hydrogen) atoms. The van der Waals surface area contributed by atoms with Crippen LogP contribution in [0.15, 0.2) is 55.1 Å². The maximum atomic E-state index is 12.6. The summed E-state index contributed by atoms with van der Waals surface area (Å²) in [6, 6.07) is 8.18. The lowest BCUT2D eigenvalue weighted by atomic mass is 10.2. The fourth-order valence-corrected chi connectivity index (χ4v) is 2.85. The van der Waals surface area contributed by atoms with Gasteiger partial charge in [0.1, 0.15) is 0 Å². The normalized spacial score (nSPS) is 11.0. The molecule has 0 fully saturated rings. The molecule has 0 radical (unpaired) electrons. The number of carbonyl (C=O) groups excluding carboxylic acids is 1. The zero-order valence-corrected chi connectivity index (χ0v) is 13.9. The van der Waals surface area contributed by atoms with Gasteiger partial charge in [-0.05, 0) is 37.3 Å². The number of aromatic nitrogens is 2. The number of fused-ring (bicyclic) bond motifs is 1. The molecule has 2 heterocycles. The number of nitrogens with zero attached hydrogens (tertiary/aromatic N) is 2. The third-order valence-corrected chi connectivity index (χ3v) is 4.09. The van der Waals surface area contributed by atoms with Crippen LogP contribution in [0, 0.1) is 0 Å². The molecule has 7 heteroatoms. The lowest BCUT2D eigenvalue weighted by molar-refractivity contribution is 0.0944. The molecular weight excluding hydrogens is 364 g/mol. The van der Waals surface area contributed by atoms with Crippen LogP contribution in [0.1, 0.15) is 17.5 Å². The first-order chi connectivity index (χ1) is 11.0. The van der Waals surface area contributed by atoms with Crippen LogP contribution in [0.3, 0.4) is 0 Å². The first-order valence-electron chi connectivity index (χ1n) is 7.02. The molecular formula is C16H13BrN2O4. The summed E-state index contributed by atoms with van der Waals surface area (Å²) < 4.78 is 8.23.